The fraction of sp³-hybridized carbons (Fsp3) is 0.500. The number of amides is 2. The van der Waals surface area contributed by atoms with Gasteiger partial charge in [-0.1, -0.05) is 64.4 Å². The Kier molecular flexibility index (Phi) is 11.8. The molecule has 0 aliphatic rings. The van der Waals surface area contributed by atoms with Crippen LogP contribution in [-0.2, 0) is 26.0 Å². The summed E-state index contributed by atoms with van der Waals surface area (Å²) < 4.78 is 29.9. The Morgan fingerprint density at radius 1 is 1.05 bits per heavy atom. The first-order valence-corrected chi connectivity index (χ1v) is 16.4. The normalized spacial score (nSPS) is 15.0. The molecule has 41 heavy (non-hydrogen) atoms. The van der Waals surface area contributed by atoms with Crippen molar-refractivity contribution in [2.45, 2.75) is 77.0 Å². The highest BCUT2D eigenvalue weighted by molar-refractivity contribution is 7.89. The molecule has 0 saturated carbocycles. The summed E-state index contributed by atoms with van der Waals surface area (Å²) in [6.45, 7) is 9.24. The Morgan fingerprint density at radius 2 is 1.76 bits per heavy atom. The van der Waals surface area contributed by atoms with Crippen molar-refractivity contribution >= 4 is 43.4 Å². The second-order valence-electron chi connectivity index (χ2n) is 11.1. The number of nitrogens with zero attached hydrogens (tertiary/aromatic N) is 2. The number of nitrogens with one attached hydrogen (secondary N) is 2. The quantitative estimate of drug-likeness (QED) is 0.242. The van der Waals surface area contributed by atoms with E-state index in [9.17, 15) is 23.1 Å². The molecule has 4 atom stereocenters. The maximum absolute atomic E-state index is 13.9. The zero-order chi connectivity index (χ0) is 30.2. The highest BCUT2D eigenvalue weighted by Crippen LogP contribution is 2.25. The molecule has 9 nitrogen and oxygen atoms in total. The highest BCUT2D eigenvalue weighted by Gasteiger charge is 2.33. The van der Waals surface area contributed by atoms with Gasteiger partial charge in [-0.25, -0.2) is 13.4 Å². The van der Waals surface area contributed by atoms with Gasteiger partial charge in [0.15, 0.2) is 0 Å². The molecule has 1 aromatic heterocycles. The third kappa shape index (κ3) is 9.32. The number of fused-ring (bicyclic) bond motifs is 1. The lowest BCUT2D eigenvalue weighted by atomic mass is 9.98. The van der Waals surface area contributed by atoms with E-state index in [0.29, 0.717) is 6.42 Å². The summed E-state index contributed by atoms with van der Waals surface area (Å²) in [4.78, 5) is 29.6. The van der Waals surface area contributed by atoms with E-state index in [0.717, 1.165) is 22.2 Å². The Hall–Kier alpha value is -2.86. The molecule has 0 radical (unpaired) electrons. The average molecular weight is 603 g/mol. The zero-order valence-corrected chi connectivity index (χ0v) is 26.0. The lowest BCUT2D eigenvalue weighted by Gasteiger charge is -2.32. The van der Waals surface area contributed by atoms with Crippen LogP contribution in [0.3, 0.4) is 0 Å². The van der Waals surface area contributed by atoms with Crippen molar-refractivity contribution in [3.05, 3.63) is 59.6 Å². The first-order chi connectivity index (χ1) is 19.4. The predicted octanol–water partition coefficient (Wildman–Crippen LogP) is 3.97. The standard InChI is InChI=1S/C30H42N4O5S2/c1-6-21(4)17-34(41(38,39)24-12-13-25-29(16-24)40-19-31-25)18-28(36)26(15-23-10-8-7-9-11-23)33-30(37)27(14-20(2)3)32-22(5)35/h7-13,16,19-21,26-28,36H,6,14-15,17-18H2,1-5H3,(H,32,35)(H,33,37)/t21-,26-,27-,28+/m0/s1. The van der Waals surface area contributed by atoms with E-state index in [-0.39, 0.29) is 42.1 Å². The molecule has 3 N–H and O–H groups in total. The number of carbonyl (C=O) groups excluding carboxylic acids is 2. The summed E-state index contributed by atoms with van der Waals surface area (Å²) >= 11 is 1.36. The van der Waals surface area contributed by atoms with E-state index in [1.165, 1.54) is 22.6 Å². The molecule has 1 heterocycles. The first-order valence-electron chi connectivity index (χ1n) is 14.0. The Bertz CT molecular complexity index is 1390. The summed E-state index contributed by atoms with van der Waals surface area (Å²) in [5.74, 6) is -0.556. The van der Waals surface area contributed by atoms with Crippen molar-refractivity contribution in [2.75, 3.05) is 13.1 Å². The number of hydrogen-bond donors (Lipinski definition) is 3. The van der Waals surface area contributed by atoms with Crippen molar-refractivity contribution in [1.29, 1.82) is 0 Å². The largest absolute Gasteiger partial charge is 0.390 e. The number of rotatable bonds is 15. The van der Waals surface area contributed by atoms with Gasteiger partial charge in [0.2, 0.25) is 21.8 Å². The van der Waals surface area contributed by atoms with Gasteiger partial charge in [-0.3, -0.25) is 9.59 Å². The molecular formula is C30H42N4O5S2. The number of benzene rings is 2. The van der Waals surface area contributed by atoms with E-state index in [1.54, 1.807) is 23.7 Å². The minimum absolute atomic E-state index is 0.0430. The van der Waals surface area contributed by atoms with Gasteiger partial charge >= 0.3 is 0 Å². The highest BCUT2D eigenvalue weighted by atomic mass is 32.2. The number of aliphatic hydroxyl groups excluding tert-OH is 1. The number of aromatic nitrogens is 1. The molecule has 0 fully saturated rings. The van der Waals surface area contributed by atoms with Gasteiger partial charge in [-0.15, -0.1) is 11.3 Å². The summed E-state index contributed by atoms with van der Waals surface area (Å²) in [6, 6.07) is 12.7. The summed E-state index contributed by atoms with van der Waals surface area (Å²) in [7, 11) is -3.97. The van der Waals surface area contributed by atoms with Gasteiger partial charge in [0.05, 0.1) is 32.8 Å². The molecule has 3 aromatic rings. The van der Waals surface area contributed by atoms with Crippen LogP contribution in [0.4, 0.5) is 0 Å². The van der Waals surface area contributed by atoms with E-state index in [1.807, 2.05) is 58.0 Å². The van der Waals surface area contributed by atoms with Gasteiger partial charge in [0.1, 0.15) is 6.04 Å². The minimum atomic E-state index is -3.97. The Labute approximate surface area is 247 Å². The molecule has 0 saturated heterocycles. The number of carbonyl (C=O) groups is 2. The van der Waals surface area contributed by atoms with Gasteiger partial charge in [-0.05, 0) is 48.4 Å². The minimum Gasteiger partial charge on any atom is -0.390 e. The topological polar surface area (TPSA) is 129 Å². The predicted molar refractivity (Wildman–Crippen MR) is 163 cm³/mol. The fourth-order valence-corrected chi connectivity index (χ4v) is 7.01. The van der Waals surface area contributed by atoms with Crippen molar-refractivity contribution in [1.82, 2.24) is 19.9 Å². The summed E-state index contributed by atoms with van der Waals surface area (Å²) in [6.07, 6.45) is 0.246. The fourth-order valence-electron chi connectivity index (χ4n) is 4.61. The molecule has 0 spiro atoms. The number of thiazole rings is 1. The molecule has 0 aliphatic carbocycles. The summed E-state index contributed by atoms with van der Waals surface area (Å²) in [5.41, 5.74) is 3.28. The number of hydrogen-bond acceptors (Lipinski definition) is 7. The van der Waals surface area contributed by atoms with Crippen LogP contribution >= 0.6 is 11.3 Å². The maximum Gasteiger partial charge on any atom is 0.243 e. The van der Waals surface area contributed by atoms with Crippen LogP contribution in [0.25, 0.3) is 10.2 Å². The SMILES string of the molecule is CC[C@H](C)CN(C[C@@H](O)[C@H](Cc1ccccc1)NC(=O)[C@H](CC(C)C)NC(C)=O)S(=O)(=O)c1ccc2ncsc2c1. The van der Waals surface area contributed by atoms with Crippen LogP contribution in [0.2, 0.25) is 0 Å². The molecule has 2 amide bonds. The van der Waals surface area contributed by atoms with Crippen molar-refractivity contribution < 1.29 is 23.1 Å². The molecule has 11 heteroatoms. The lowest BCUT2D eigenvalue weighted by molar-refractivity contribution is -0.129. The molecule has 3 rings (SSSR count). The number of sulfonamides is 1. The molecular weight excluding hydrogens is 560 g/mol. The van der Waals surface area contributed by atoms with Crippen LogP contribution in [0.15, 0.2) is 58.9 Å². The second-order valence-corrected chi connectivity index (χ2v) is 13.9. The Morgan fingerprint density at radius 3 is 2.39 bits per heavy atom. The van der Waals surface area contributed by atoms with Gasteiger partial charge in [0, 0.05) is 20.0 Å². The van der Waals surface area contributed by atoms with Gasteiger partial charge in [0.25, 0.3) is 0 Å². The van der Waals surface area contributed by atoms with Gasteiger partial charge in [-0.2, -0.15) is 4.31 Å². The molecule has 0 bridgehead atoms. The van der Waals surface area contributed by atoms with Crippen LogP contribution in [0.1, 0.15) is 53.0 Å². The van der Waals surface area contributed by atoms with E-state index >= 15 is 0 Å². The van der Waals surface area contributed by atoms with E-state index in [2.05, 4.69) is 15.6 Å². The van der Waals surface area contributed by atoms with E-state index in [4.69, 9.17) is 0 Å². The van der Waals surface area contributed by atoms with Crippen molar-refractivity contribution in [3.63, 3.8) is 0 Å². The first kappa shape index (κ1) is 32.7. The zero-order valence-electron chi connectivity index (χ0n) is 24.4. The summed E-state index contributed by atoms with van der Waals surface area (Å²) in [5, 5.41) is 17.2. The van der Waals surface area contributed by atoms with E-state index < -0.39 is 34.1 Å². The maximum atomic E-state index is 13.9. The van der Waals surface area contributed by atoms with Crippen LogP contribution in [0.5, 0.6) is 0 Å². The molecule has 0 unspecified atom stereocenters. The number of aliphatic hydroxyl groups is 1. The van der Waals surface area contributed by atoms with Crippen molar-refractivity contribution in [2.24, 2.45) is 11.8 Å². The third-order valence-corrected chi connectivity index (χ3v) is 9.65. The monoisotopic (exact) mass is 602 g/mol. The van der Waals surface area contributed by atoms with Crippen molar-refractivity contribution in [3.8, 4) is 0 Å². The van der Waals surface area contributed by atoms with Crippen LogP contribution < -0.4 is 10.6 Å². The lowest BCUT2D eigenvalue weighted by Crippen LogP contribution is -2.55. The molecule has 0 aliphatic heterocycles. The Balaban J connectivity index is 1.92. The third-order valence-electron chi connectivity index (χ3n) is 7.04. The molecule has 224 valence electrons. The van der Waals surface area contributed by atoms with Gasteiger partial charge < -0.3 is 15.7 Å². The van der Waals surface area contributed by atoms with Crippen LogP contribution in [-0.4, -0.2) is 65.9 Å². The second kappa shape index (κ2) is 14.9. The smallest absolute Gasteiger partial charge is 0.243 e. The average Bonchev–Trinajstić information content (AvgIpc) is 3.40. The molecule has 2 aromatic carbocycles. The van der Waals surface area contributed by atoms with Crippen LogP contribution in [0, 0.1) is 11.8 Å².